The van der Waals surface area contributed by atoms with Crippen LogP contribution in [0.4, 0.5) is 11.6 Å². The summed E-state index contributed by atoms with van der Waals surface area (Å²) in [7, 11) is 4.26. The Balaban J connectivity index is 2.07. The Bertz CT molecular complexity index is 351. The molecule has 0 saturated carbocycles. The summed E-state index contributed by atoms with van der Waals surface area (Å²) in [6, 6.07) is 0.557. The largest absolute Gasteiger partial charge is 0.382 e. The normalized spacial score (nSPS) is 18.9. The van der Waals surface area contributed by atoms with E-state index < -0.39 is 0 Å². The number of imidazole rings is 1. The number of rotatable bonds is 2. The Morgan fingerprint density at radius 3 is 2.56 bits per heavy atom. The highest BCUT2D eigenvalue weighted by molar-refractivity contribution is 5.59. The number of aryl methyl sites for hydroxylation is 1. The van der Waals surface area contributed by atoms with E-state index in [0.29, 0.717) is 11.9 Å². The van der Waals surface area contributed by atoms with Crippen molar-refractivity contribution in [3.63, 3.8) is 0 Å². The second-order valence-corrected chi connectivity index (χ2v) is 4.70. The molecule has 0 unspecified atom stereocenters. The molecule has 90 valence electrons. The minimum atomic E-state index is 0.557. The molecule has 1 aliphatic rings. The number of likely N-dealkylation sites (tertiary alicyclic amines) is 1. The summed E-state index contributed by atoms with van der Waals surface area (Å²) in [6.07, 6.45) is 2.36. The molecular weight excluding hydrogens is 202 g/mol. The number of piperidine rings is 1. The summed E-state index contributed by atoms with van der Waals surface area (Å²) in [5.41, 5.74) is 5.91. The standard InChI is InChI=1S/C11H21N5/c1-8-13-10(12)11(14-8)16(3)9-4-6-15(2)7-5-9/h9H,4-7,12H2,1-3H3,(H,13,14). The Morgan fingerprint density at radius 2 is 2.06 bits per heavy atom. The van der Waals surface area contributed by atoms with Gasteiger partial charge in [0.25, 0.3) is 0 Å². The van der Waals surface area contributed by atoms with E-state index in [-0.39, 0.29) is 0 Å². The first-order chi connectivity index (χ1) is 7.58. The molecule has 5 heteroatoms. The van der Waals surface area contributed by atoms with Crippen molar-refractivity contribution in [2.24, 2.45) is 0 Å². The van der Waals surface area contributed by atoms with Crippen LogP contribution < -0.4 is 10.6 Å². The van der Waals surface area contributed by atoms with E-state index in [1.165, 1.54) is 12.8 Å². The molecule has 0 atom stereocenters. The average Bonchev–Trinajstić information content (AvgIpc) is 2.58. The number of anilines is 2. The number of H-pyrrole nitrogens is 1. The van der Waals surface area contributed by atoms with E-state index in [0.717, 1.165) is 24.7 Å². The first-order valence-corrected chi connectivity index (χ1v) is 5.81. The van der Waals surface area contributed by atoms with Gasteiger partial charge in [-0.1, -0.05) is 0 Å². The van der Waals surface area contributed by atoms with Crippen LogP contribution in [0.5, 0.6) is 0 Å². The Hall–Kier alpha value is -1.23. The molecule has 1 saturated heterocycles. The number of nitrogens with zero attached hydrogens (tertiary/aromatic N) is 3. The highest BCUT2D eigenvalue weighted by Crippen LogP contribution is 2.24. The third-order valence-corrected chi connectivity index (χ3v) is 3.40. The number of aromatic nitrogens is 2. The van der Waals surface area contributed by atoms with Gasteiger partial charge in [0, 0.05) is 13.1 Å². The second kappa shape index (κ2) is 4.33. The van der Waals surface area contributed by atoms with Gasteiger partial charge in [0.15, 0.2) is 5.82 Å². The molecule has 0 aromatic carbocycles. The minimum Gasteiger partial charge on any atom is -0.382 e. The van der Waals surface area contributed by atoms with E-state index in [4.69, 9.17) is 5.73 Å². The van der Waals surface area contributed by atoms with Crippen molar-refractivity contribution < 1.29 is 0 Å². The van der Waals surface area contributed by atoms with Crippen LogP contribution in [0.2, 0.25) is 0 Å². The first kappa shape index (κ1) is 11.3. The van der Waals surface area contributed by atoms with Crippen LogP contribution in [0.25, 0.3) is 0 Å². The molecule has 0 spiro atoms. The quantitative estimate of drug-likeness (QED) is 0.779. The maximum Gasteiger partial charge on any atom is 0.171 e. The number of nitrogens with two attached hydrogens (primary N) is 1. The number of nitrogen functional groups attached to an aromatic ring is 1. The molecule has 0 aliphatic carbocycles. The fraction of sp³-hybridized carbons (Fsp3) is 0.727. The Labute approximate surface area is 96.6 Å². The van der Waals surface area contributed by atoms with Crippen molar-refractivity contribution in [1.29, 1.82) is 0 Å². The number of hydrogen-bond donors (Lipinski definition) is 2. The Kier molecular flexibility index (Phi) is 3.05. The predicted molar refractivity (Wildman–Crippen MR) is 66.7 cm³/mol. The van der Waals surface area contributed by atoms with Crippen LogP contribution in [0.1, 0.15) is 18.7 Å². The van der Waals surface area contributed by atoms with Gasteiger partial charge in [0.05, 0.1) is 0 Å². The maximum atomic E-state index is 5.91. The van der Waals surface area contributed by atoms with Gasteiger partial charge in [-0.15, -0.1) is 0 Å². The SMILES string of the molecule is Cc1nc(N(C)C2CCN(C)CC2)c(N)[nH]1. The van der Waals surface area contributed by atoms with Crippen LogP contribution in [0.3, 0.4) is 0 Å². The van der Waals surface area contributed by atoms with Crippen molar-refractivity contribution in [2.75, 3.05) is 37.8 Å². The zero-order chi connectivity index (χ0) is 11.7. The predicted octanol–water partition coefficient (Wildman–Crippen LogP) is 0.831. The highest BCUT2D eigenvalue weighted by atomic mass is 15.3. The minimum absolute atomic E-state index is 0.557. The topological polar surface area (TPSA) is 61.2 Å². The van der Waals surface area contributed by atoms with Crippen LogP contribution in [0.15, 0.2) is 0 Å². The summed E-state index contributed by atoms with van der Waals surface area (Å²) in [5, 5.41) is 0. The molecule has 1 fully saturated rings. The van der Waals surface area contributed by atoms with Crippen molar-refractivity contribution in [3.05, 3.63) is 5.82 Å². The molecule has 0 bridgehead atoms. The lowest BCUT2D eigenvalue weighted by Crippen LogP contribution is -2.42. The molecule has 1 aromatic heterocycles. The summed E-state index contributed by atoms with van der Waals surface area (Å²) < 4.78 is 0. The maximum absolute atomic E-state index is 5.91. The monoisotopic (exact) mass is 223 g/mol. The van der Waals surface area contributed by atoms with Gasteiger partial charge in [0.2, 0.25) is 0 Å². The van der Waals surface area contributed by atoms with Gasteiger partial charge in [-0.05, 0) is 39.9 Å². The lowest BCUT2D eigenvalue weighted by molar-refractivity contribution is 0.252. The van der Waals surface area contributed by atoms with E-state index in [1.807, 2.05) is 6.92 Å². The zero-order valence-corrected chi connectivity index (χ0v) is 10.3. The van der Waals surface area contributed by atoms with Crippen molar-refractivity contribution in [3.8, 4) is 0 Å². The summed E-state index contributed by atoms with van der Waals surface area (Å²) in [4.78, 5) is 12.1. The summed E-state index contributed by atoms with van der Waals surface area (Å²) in [5.74, 6) is 2.46. The highest BCUT2D eigenvalue weighted by Gasteiger charge is 2.23. The summed E-state index contributed by atoms with van der Waals surface area (Å²) in [6.45, 7) is 4.24. The van der Waals surface area contributed by atoms with Crippen LogP contribution >= 0.6 is 0 Å². The fourth-order valence-electron chi connectivity index (χ4n) is 2.32. The van der Waals surface area contributed by atoms with Gasteiger partial charge in [-0.25, -0.2) is 4.98 Å². The average molecular weight is 223 g/mol. The van der Waals surface area contributed by atoms with E-state index in [2.05, 4.69) is 33.9 Å². The molecule has 2 heterocycles. The number of hydrogen-bond acceptors (Lipinski definition) is 4. The second-order valence-electron chi connectivity index (χ2n) is 4.70. The lowest BCUT2D eigenvalue weighted by Gasteiger charge is -2.35. The van der Waals surface area contributed by atoms with Gasteiger partial charge >= 0.3 is 0 Å². The van der Waals surface area contributed by atoms with Crippen LogP contribution in [-0.4, -0.2) is 48.1 Å². The first-order valence-electron chi connectivity index (χ1n) is 5.81. The van der Waals surface area contributed by atoms with Crippen molar-refractivity contribution in [1.82, 2.24) is 14.9 Å². The van der Waals surface area contributed by atoms with Crippen molar-refractivity contribution >= 4 is 11.6 Å². The van der Waals surface area contributed by atoms with Crippen LogP contribution in [-0.2, 0) is 0 Å². The molecule has 16 heavy (non-hydrogen) atoms. The fourth-order valence-corrected chi connectivity index (χ4v) is 2.32. The molecule has 1 aliphatic heterocycles. The Morgan fingerprint density at radius 1 is 1.44 bits per heavy atom. The smallest absolute Gasteiger partial charge is 0.171 e. The molecule has 0 amide bonds. The van der Waals surface area contributed by atoms with E-state index >= 15 is 0 Å². The zero-order valence-electron chi connectivity index (χ0n) is 10.3. The molecule has 0 radical (unpaired) electrons. The molecular formula is C11H21N5. The lowest BCUT2D eigenvalue weighted by atomic mass is 10.0. The number of nitrogens with one attached hydrogen (secondary N) is 1. The van der Waals surface area contributed by atoms with Gasteiger partial charge in [-0.3, -0.25) is 0 Å². The molecule has 2 rings (SSSR count). The molecule has 3 N–H and O–H groups in total. The third-order valence-electron chi connectivity index (χ3n) is 3.40. The van der Waals surface area contributed by atoms with Crippen LogP contribution in [0, 0.1) is 6.92 Å². The van der Waals surface area contributed by atoms with Gasteiger partial charge < -0.3 is 20.5 Å². The van der Waals surface area contributed by atoms with Gasteiger partial charge in [0.1, 0.15) is 11.6 Å². The van der Waals surface area contributed by atoms with E-state index in [9.17, 15) is 0 Å². The van der Waals surface area contributed by atoms with Crippen molar-refractivity contribution in [2.45, 2.75) is 25.8 Å². The molecule has 1 aromatic rings. The van der Waals surface area contributed by atoms with Gasteiger partial charge in [-0.2, -0.15) is 0 Å². The molecule has 5 nitrogen and oxygen atoms in total. The number of aromatic amines is 1. The van der Waals surface area contributed by atoms with E-state index in [1.54, 1.807) is 0 Å². The summed E-state index contributed by atoms with van der Waals surface area (Å²) >= 11 is 0. The third kappa shape index (κ3) is 2.14.